The minimum atomic E-state index is -4.55. The molecule has 0 aliphatic heterocycles. The van der Waals surface area contributed by atoms with Gasteiger partial charge in [-0.15, -0.1) is 0 Å². The lowest BCUT2D eigenvalue weighted by Crippen LogP contribution is -2.39. The van der Waals surface area contributed by atoms with Gasteiger partial charge in [0.15, 0.2) is 0 Å². The minimum Gasteiger partial charge on any atom is -0.490 e. The number of para-hydroxylation sites is 1. The van der Waals surface area contributed by atoms with Crippen LogP contribution in [0.4, 0.5) is 18.9 Å². The molecule has 1 heterocycles. The number of carbonyl (C=O) groups is 2. The number of sulfonamides is 1. The molecular weight excluding hydrogens is 627 g/mol. The van der Waals surface area contributed by atoms with Crippen LogP contribution < -0.4 is 19.5 Å². The van der Waals surface area contributed by atoms with Crippen molar-refractivity contribution in [2.45, 2.75) is 48.9 Å². The first kappa shape index (κ1) is 32.4. The quantitative estimate of drug-likeness (QED) is 0.175. The average molecular weight is 656 g/mol. The summed E-state index contributed by atoms with van der Waals surface area (Å²) in [5.41, 5.74) is -0.582. The Hall–Kier alpha value is -4.95. The Labute approximate surface area is 262 Å². The maximum Gasteiger partial charge on any atom is 0.416 e. The molecular formula is C32H28F3N3O7S. The zero-order chi connectivity index (χ0) is 32.9. The molecule has 0 spiro atoms. The van der Waals surface area contributed by atoms with Crippen molar-refractivity contribution >= 4 is 27.6 Å². The molecule has 1 saturated carbocycles. The van der Waals surface area contributed by atoms with Crippen LogP contribution in [0.2, 0.25) is 0 Å². The van der Waals surface area contributed by atoms with E-state index in [1.54, 1.807) is 36.4 Å². The number of hydrogen-bond donors (Lipinski definition) is 3. The third-order valence-corrected chi connectivity index (χ3v) is 8.78. The summed E-state index contributed by atoms with van der Waals surface area (Å²) in [7, 11) is -3.97. The summed E-state index contributed by atoms with van der Waals surface area (Å²) in [6.07, 6.45) is -1.25. The van der Waals surface area contributed by atoms with Crippen LogP contribution in [0.15, 0.2) is 96.0 Å². The number of carboxylic acids is 1. The first-order chi connectivity index (χ1) is 21.9. The summed E-state index contributed by atoms with van der Waals surface area (Å²) < 4.78 is 78.1. The number of halogens is 3. The lowest BCUT2D eigenvalue weighted by molar-refractivity contribution is -0.137. The van der Waals surface area contributed by atoms with Gasteiger partial charge in [-0.25, -0.2) is 22.9 Å². The van der Waals surface area contributed by atoms with E-state index in [0.29, 0.717) is 37.2 Å². The number of carbonyl (C=O) groups excluding carboxylic acids is 1. The van der Waals surface area contributed by atoms with E-state index in [-0.39, 0.29) is 39.7 Å². The van der Waals surface area contributed by atoms with E-state index in [0.717, 1.165) is 24.3 Å². The number of benzene rings is 3. The van der Waals surface area contributed by atoms with Gasteiger partial charge in [-0.2, -0.15) is 13.2 Å². The molecule has 0 saturated heterocycles. The van der Waals surface area contributed by atoms with E-state index in [4.69, 9.17) is 9.47 Å². The molecule has 4 aromatic rings. The predicted molar refractivity (Wildman–Crippen MR) is 161 cm³/mol. The summed E-state index contributed by atoms with van der Waals surface area (Å²) in [6.45, 7) is 0. The summed E-state index contributed by atoms with van der Waals surface area (Å²) in [6, 6.07) is 18.9. The molecule has 10 nitrogen and oxygen atoms in total. The van der Waals surface area contributed by atoms with E-state index < -0.39 is 33.6 Å². The fraction of sp³-hybridized carbons (Fsp3) is 0.219. The summed E-state index contributed by atoms with van der Waals surface area (Å²) in [5.74, 6) is -0.409. The Kier molecular flexibility index (Phi) is 9.58. The van der Waals surface area contributed by atoms with E-state index in [1.165, 1.54) is 30.5 Å². The van der Waals surface area contributed by atoms with Crippen molar-refractivity contribution in [2.24, 2.45) is 0 Å². The van der Waals surface area contributed by atoms with Crippen LogP contribution >= 0.6 is 0 Å². The Balaban J connectivity index is 1.09. The largest absolute Gasteiger partial charge is 0.490 e. The van der Waals surface area contributed by atoms with Crippen molar-refractivity contribution in [1.29, 1.82) is 0 Å². The topological polar surface area (TPSA) is 144 Å². The zero-order valence-electron chi connectivity index (χ0n) is 24.0. The van der Waals surface area contributed by atoms with Crippen LogP contribution in [0.5, 0.6) is 17.4 Å². The molecule has 14 heteroatoms. The SMILES string of the molecule is O=C(Nc1ccccc1C(=O)O)c1ccc(Oc2ccc(OC3CCC(NS(=O)(=O)c4ccc(C(F)(F)F)cc4)CC3)cc2)nc1. The third-order valence-electron chi connectivity index (χ3n) is 7.24. The molecule has 1 amide bonds. The fourth-order valence-electron chi connectivity index (χ4n) is 4.86. The van der Waals surface area contributed by atoms with Gasteiger partial charge in [-0.05, 0) is 92.4 Å². The van der Waals surface area contributed by atoms with Crippen molar-refractivity contribution in [1.82, 2.24) is 9.71 Å². The van der Waals surface area contributed by atoms with Crippen molar-refractivity contribution in [3.8, 4) is 17.4 Å². The molecule has 0 atom stereocenters. The Morgan fingerprint density at radius 2 is 1.50 bits per heavy atom. The number of hydrogen-bond acceptors (Lipinski definition) is 7. The molecule has 240 valence electrons. The normalized spacial score (nSPS) is 16.8. The Morgan fingerprint density at radius 3 is 2.11 bits per heavy atom. The maximum absolute atomic E-state index is 12.8. The molecule has 1 aliphatic carbocycles. The number of nitrogens with one attached hydrogen (secondary N) is 2. The van der Waals surface area contributed by atoms with E-state index in [9.17, 15) is 36.3 Å². The standard InChI is InChI=1S/C32H28F3N3O7S/c33-32(34,35)21-6-16-26(17-7-21)46(42,43)38-22-8-10-23(11-9-22)44-24-12-14-25(15-13-24)45-29-18-5-20(19-36-29)30(39)37-28-4-2-1-3-27(28)31(40)41/h1-7,12-19,22-23,38H,8-11H2,(H,37,39)(H,40,41). The van der Waals surface area contributed by atoms with E-state index in [1.807, 2.05) is 0 Å². The van der Waals surface area contributed by atoms with Gasteiger partial charge in [0.1, 0.15) is 11.5 Å². The van der Waals surface area contributed by atoms with E-state index in [2.05, 4.69) is 15.0 Å². The van der Waals surface area contributed by atoms with Gasteiger partial charge in [0.05, 0.1) is 33.4 Å². The van der Waals surface area contributed by atoms with Crippen LogP contribution in [0.25, 0.3) is 0 Å². The number of ether oxygens (including phenoxy) is 2. The molecule has 1 aromatic heterocycles. The van der Waals surface area contributed by atoms with E-state index >= 15 is 0 Å². The lowest BCUT2D eigenvalue weighted by atomic mass is 9.94. The molecule has 3 N–H and O–H groups in total. The van der Waals surface area contributed by atoms with Crippen molar-refractivity contribution < 1.29 is 45.8 Å². The first-order valence-electron chi connectivity index (χ1n) is 14.1. The number of amides is 1. The molecule has 1 fully saturated rings. The summed E-state index contributed by atoms with van der Waals surface area (Å²) in [4.78, 5) is 27.9. The number of aromatic carboxylic acids is 1. The highest BCUT2D eigenvalue weighted by Gasteiger charge is 2.31. The van der Waals surface area contributed by atoms with Crippen molar-refractivity contribution in [3.63, 3.8) is 0 Å². The van der Waals surface area contributed by atoms with Crippen LogP contribution in [0, 0.1) is 0 Å². The Morgan fingerprint density at radius 1 is 0.848 bits per heavy atom. The summed E-state index contributed by atoms with van der Waals surface area (Å²) >= 11 is 0. The molecule has 0 unspecified atom stereocenters. The average Bonchev–Trinajstić information content (AvgIpc) is 3.03. The molecule has 5 rings (SSSR count). The minimum absolute atomic E-state index is 0.0360. The highest BCUT2D eigenvalue weighted by molar-refractivity contribution is 7.89. The fourth-order valence-corrected chi connectivity index (χ4v) is 6.16. The van der Waals surface area contributed by atoms with Gasteiger partial charge in [0.2, 0.25) is 15.9 Å². The first-order valence-corrected chi connectivity index (χ1v) is 15.6. The van der Waals surface area contributed by atoms with Gasteiger partial charge in [-0.3, -0.25) is 4.79 Å². The van der Waals surface area contributed by atoms with Crippen LogP contribution in [0.3, 0.4) is 0 Å². The van der Waals surface area contributed by atoms with Crippen LogP contribution in [0.1, 0.15) is 52.0 Å². The monoisotopic (exact) mass is 655 g/mol. The second-order valence-electron chi connectivity index (χ2n) is 10.5. The molecule has 3 aromatic carbocycles. The van der Waals surface area contributed by atoms with Gasteiger partial charge in [0, 0.05) is 18.3 Å². The molecule has 1 aliphatic rings. The zero-order valence-corrected chi connectivity index (χ0v) is 24.8. The number of anilines is 1. The second-order valence-corrected chi connectivity index (χ2v) is 12.2. The molecule has 0 radical (unpaired) electrons. The van der Waals surface area contributed by atoms with Gasteiger partial charge < -0.3 is 19.9 Å². The highest BCUT2D eigenvalue weighted by Crippen LogP contribution is 2.31. The smallest absolute Gasteiger partial charge is 0.416 e. The number of aromatic nitrogens is 1. The molecule has 0 bridgehead atoms. The molecule has 46 heavy (non-hydrogen) atoms. The number of alkyl halides is 3. The third kappa shape index (κ3) is 8.20. The lowest BCUT2D eigenvalue weighted by Gasteiger charge is -2.29. The Bertz CT molecular complexity index is 1790. The van der Waals surface area contributed by atoms with Gasteiger partial charge in [0.25, 0.3) is 5.91 Å². The maximum atomic E-state index is 12.8. The van der Waals surface area contributed by atoms with Gasteiger partial charge in [-0.1, -0.05) is 12.1 Å². The predicted octanol–water partition coefficient (Wildman–Crippen LogP) is 6.51. The number of rotatable bonds is 10. The summed E-state index contributed by atoms with van der Waals surface area (Å²) in [5, 5.41) is 11.9. The van der Waals surface area contributed by atoms with Crippen LogP contribution in [-0.2, 0) is 16.2 Å². The van der Waals surface area contributed by atoms with Crippen molar-refractivity contribution in [3.05, 3.63) is 108 Å². The second kappa shape index (κ2) is 13.6. The van der Waals surface area contributed by atoms with Crippen molar-refractivity contribution in [2.75, 3.05) is 5.32 Å². The van der Waals surface area contributed by atoms with Gasteiger partial charge >= 0.3 is 12.1 Å². The van der Waals surface area contributed by atoms with Crippen LogP contribution in [-0.4, -0.2) is 42.5 Å². The number of pyridine rings is 1. The number of carboxylic acid groups (broad SMARTS) is 1. The number of nitrogens with zero attached hydrogens (tertiary/aromatic N) is 1. The highest BCUT2D eigenvalue weighted by atomic mass is 32.2.